The molecule has 0 spiro atoms. The second-order valence-electron chi connectivity index (χ2n) is 3.02. The fourth-order valence-electron chi connectivity index (χ4n) is 1.28. The molecule has 0 N–H and O–H groups in total. The number of carbonyl (C=O) groups is 1. The Balaban J connectivity index is 2.12. The molecule has 1 aromatic heterocycles. The number of nitrogens with zero attached hydrogens (tertiary/aromatic N) is 2. The average molecular weight is 214 g/mol. The van der Waals surface area contributed by atoms with Crippen molar-refractivity contribution in [3.8, 4) is 0 Å². The third-order valence-electron chi connectivity index (χ3n) is 1.97. The Bertz CT molecular complexity index is 339. The van der Waals surface area contributed by atoms with E-state index in [1.165, 1.54) is 0 Å². The summed E-state index contributed by atoms with van der Waals surface area (Å²) in [5.74, 6) is 2.17. The zero-order valence-corrected chi connectivity index (χ0v) is 8.54. The van der Waals surface area contributed by atoms with Gasteiger partial charge in [-0.3, -0.25) is 4.79 Å². The first-order valence-electron chi connectivity index (χ1n) is 4.23. The van der Waals surface area contributed by atoms with Gasteiger partial charge in [0.25, 0.3) is 0 Å². The van der Waals surface area contributed by atoms with E-state index in [9.17, 15) is 4.79 Å². The molecule has 0 radical (unpaired) electrons. The summed E-state index contributed by atoms with van der Waals surface area (Å²) < 4.78 is 9.85. The lowest BCUT2D eigenvalue weighted by Gasteiger charge is -1.97. The number of carbonyl (C=O) groups excluding carboxylic acids is 1. The molecule has 1 atom stereocenters. The van der Waals surface area contributed by atoms with E-state index in [4.69, 9.17) is 9.26 Å². The van der Waals surface area contributed by atoms with Gasteiger partial charge in [-0.2, -0.15) is 16.7 Å². The Labute approximate surface area is 85.2 Å². The predicted octanol–water partition coefficient (Wildman–Crippen LogP) is 0.615. The second-order valence-corrected chi connectivity index (χ2v) is 4.05. The molecular formula is C8H10N2O3S. The summed E-state index contributed by atoms with van der Waals surface area (Å²) in [5, 5.41) is 3.71. The van der Waals surface area contributed by atoms with Crippen LogP contribution in [0.3, 0.4) is 0 Å². The van der Waals surface area contributed by atoms with E-state index >= 15 is 0 Å². The van der Waals surface area contributed by atoms with Gasteiger partial charge in [-0.25, -0.2) is 0 Å². The summed E-state index contributed by atoms with van der Waals surface area (Å²) in [6, 6.07) is 0. The maximum Gasteiger partial charge on any atom is 0.238 e. The Kier molecular flexibility index (Phi) is 2.83. The van der Waals surface area contributed by atoms with E-state index in [-0.39, 0.29) is 11.7 Å². The third-order valence-corrected chi connectivity index (χ3v) is 3.03. The number of aromatic nitrogens is 2. The Morgan fingerprint density at radius 1 is 1.71 bits per heavy atom. The molecule has 5 nitrogen and oxygen atoms in total. The van der Waals surface area contributed by atoms with Gasteiger partial charge in [0.2, 0.25) is 5.89 Å². The highest BCUT2D eigenvalue weighted by Crippen LogP contribution is 2.28. The topological polar surface area (TPSA) is 65.2 Å². The maximum absolute atomic E-state index is 11.4. The van der Waals surface area contributed by atoms with E-state index in [0.717, 1.165) is 5.75 Å². The molecule has 0 aromatic carbocycles. The summed E-state index contributed by atoms with van der Waals surface area (Å²) in [6.45, 7) is 0.317. The quantitative estimate of drug-likeness (QED) is 0.734. The molecule has 1 fully saturated rings. The van der Waals surface area contributed by atoms with Crippen LogP contribution in [0.2, 0.25) is 0 Å². The van der Waals surface area contributed by atoms with Crippen LogP contribution < -0.4 is 0 Å². The van der Waals surface area contributed by atoms with Crippen LogP contribution in [0.25, 0.3) is 0 Å². The summed E-state index contributed by atoms with van der Waals surface area (Å²) in [7, 11) is 1.56. The minimum Gasteiger partial charge on any atom is -0.377 e. The van der Waals surface area contributed by atoms with E-state index in [1.54, 1.807) is 18.9 Å². The first-order chi connectivity index (χ1) is 6.81. The summed E-state index contributed by atoms with van der Waals surface area (Å²) >= 11 is 1.60. The van der Waals surface area contributed by atoms with Crippen molar-refractivity contribution in [1.29, 1.82) is 0 Å². The number of methoxy groups -OCH3 is 1. The van der Waals surface area contributed by atoms with Crippen LogP contribution in [0.1, 0.15) is 17.6 Å². The number of ether oxygens (including phenoxy) is 1. The van der Waals surface area contributed by atoms with Crippen molar-refractivity contribution < 1.29 is 14.1 Å². The van der Waals surface area contributed by atoms with Crippen molar-refractivity contribution in [2.45, 2.75) is 12.5 Å². The Morgan fingerprint density at radius 3 is 3.21 bits per heavy atom. The van der Waals surface area contributed by atoms with Crippen molar-refractivity contribution in [2.24, 2.45) is 0 Å². The maximum atomic E-state index is 11.4. The van der Waals surface area contributed by atoms with Gasteiger partial charge < -0.3 is 9.26 Å². The smallest absolute Gasteiger partial charge is 0.238 e. The van der Waals surface area contributed by atoms with E-state index in [0.29, 0.717) is 24.1 Å². The Morgan fingerprint density at radius 2 is 2.57 bits per heavy atom. The van der Waals surface area contributed by atoms with Crippen molar-refractivity contribution >= 4 is 17.5 Å². The molecule has 76 valence electrons. The molecule has 0 amide bonds. The molecule has 0 bridgehead atoms. The monoisotopic (exact) mass is 214 g/mol. The number of hydrogen-bond acceptors (Lipinski definition) is 6. The molecule has 1 unspecified atom stereocenters. The van der Waals surface area contributed by atoms with Gasteiger partial charge in [0.1, 0.15) is 12.5 Å². The van der Waals surface area contributed by atoms with E-state index < -0.39 is 0 Å². The van der Waals surface area contributed by atoms with Crippen LogP contribution in [0.15, 0.2) is 4.52 Å². The normalized spacial score (nSPS) is 21.8. The van der Waals surface area contributed by atoms with Crippen LogP contribution in [0, 0.1) is 0 Å². The molecule has 1 aromatic rings. The van der Waals surface area contributed by atoms with E-state index in [2.05, 4.69) is 10.1 Å². The molecule has 0 aliphatic carbocycles. The van der Waals surface area contributed by atoms with Crippen LogP contribution in [-0.4, -0.2) is 34.5 Å². The highest BCUT2D eigenvalue weighted by Gasteiger charge is 2.31. The van der Waals surface area contributed by atoms with Gasteiger partial charge >= 0.3 is 0 Å². The zero-order valence-electron chi connectivity index (χ0n) is 7.73. The lowest BCUT2D eigenvalue weighted by molar-refractivity contribution is -0.117. The first-order valence-corrected chi connectivity index (χ1v) is 5.38. The molecular weight excluding hydrogens is 204 g/mol. The van der Waals surface area contributed by atoms with Gasteiger partial charge in [0.15, 0.2) is 11.6 Å². The summed E-state index contributed by atoms with van der Waals surface area (Å²) in [4.78, 5) is 15.5. The lowest BCUT2D eigenvalue weighted by atomic mass is 10.1. The third kappa shape index (κ3) is 1.80. The zero-order chi connectivity index (χ0) is 9.97. The molecule has 1 saturated heterocycles. The molecule has 6 heteroatoms. The number of hydrogen-bond donors (Lipinski definition) is 0. The van der Waals surface area contributed by atoms with Crippen LogP contribution >= 0.6 is 11.8 Å². The van der Waals surface area contributed by atoms with Gasteiger partial charge in [0.05, 0.1) is 5.75 Å². The number of rotatable bonds is 3. The standard InChI is InChI=1S/C8H10N2O3S/c1-12-2-7-9-8(13-10-7)5-3-14-4-6(5)11/h5H,2-4H2,1H3. The highest BCUT2D eigenvalue weighted by atomic mass is 32.2. The number of thioether (sulfide) groups is 1. The predicted molar refractivity (Wildman–Crippen MR) is 50.1 cm³/mol. The van der Waals surface area contributed by atoms with Gasteiger partial charge in [-0.15, -0.1) is 0 Å². The SMILES string of the molecule is COCc1noc(C2CSCC2=O)n1. The minimum atomic E-state index is -0.210. The van der Waals surface area contributed by atoms with Crippen LogP contribution in [0.4, 0.5) is 0 Å². The molecule has 1 aliphatic heterocycles. The molecule has 0 saturated carbocycles. The molecule has 2 heterocycles. The van der Waals surface area contributed by atoms with Crippen LogP contribution in [0.5, 0.6) is 0 Å². The fourth-order valence-corrected chi connectivity index (χ4v) is 2.36. The number of ketones is 1. The van der Waals surface area contributed by atoms with Gasteiger partial charge in [-0.05, 0) is 0 Å². The number of Topliss-reactive ketones (excluding diaryl/α,β-unsaturated/α-hetero) is 1. The average Bonchev–Trinajstić information content (AvgIpc) is 2.74. The summed E-state index contributed by atoms with van der Waals surface area (Å²) in [5.41, 5.74) is 0. The fraction of sp³-hybridized carbons (Fsp3) is 0.625. The minimum absolute atomic E-state index is 0.169. The molecule has 2 rings (SSSR count). The van der Waals surface area contributed by atoms with Crippen molar-refractivity contribution in [1.82, 2.24) is 10.1 Å². The Hall–Kier alpha value is -0.880. The van der Waals surface area contributed by atoms with Crippen LogP contribution in [-0.2, 0) is 16.1 Å². The summed E-state index contributed by atoms with van der Waals surface area (Å²) in [6.07, 6.45) is 0. The van der Waals surface area contributed by atoms with Gasteiger partial charge in [0, 0.05) is 12.9 Å². The highest BCUT2D eigenvalue weighted by molar-refractivity contribution is 8.00. The second kappa shape index (κ2) is 4.10. The molecule has 14 heavy (non-hydrogen) atoms. The van der Waals surface area contributed by atoms with Crippen molar-refractivity contribution in [3.63, 3.8) is 0 Å². The van der Waals surface area contributed by atoms with Crippen molar-refractivity contribution in [3.05, 3.63) is 11.7 Å². The molecule has 1 aliphatic rings. The van der Waals surface area contributed by atoms with Crippen molar-refractivity contribution in [2.75, 3.05) is 18.6 Å². The first kappa shape index (κ1) is 9.67. The van der Waals surface area contributed by atoms with E-state index in [1.807, 2.05) is 0 Å². The largest absolute Gasteiger partial charge is 0.377 e. The van der Waals surface area contributed by atoms with Gasteiger partial charge in [-0.1, -0.05) is 5.16 Å². The lowest BCUT2D eigenvalue weighted by Crippen LogP contribution is -2.09.